The number of unbranched alkanes of at least 4 members (excludes halogenated alkanes) is 18. The van der Waals surface area contributed by atoms with Crippen LogP contribution >= 0.6 is 0 Å². The minimum absolute atomic E-state index is 0.0613. The number of benzene rings is 1. The maximum absolute atomic E-state index is 12.2. The molecule has 8 nitrogen and oxygen atoms in total. The Morgan fingerprint density at radius 2 is 0.955 bits per heavy atom. The van der Waals surface area contributed by atoms with Crippen molar-refractivity contribution in [3.63, 3.8) is 0 Å². The summed E-state index contributed by atoms with van der Waals surface area (Å²) in [5.41, 5.74) is 5.87. The Morgan fingerprint density at radius 3 is 1.30 bits per heavy atom. The molecule has 8 heteroatoms. The topological polar surface area (TPSA) is 112 Å². The number of phenols is 1. The van der Waals surface area contributed by atoms with Crippen LogP contribution in [0.5, 0.6) is 11.5 Å². The highest BCUT2D eigenvalue weighted by Gasteiger charge is 2.09. The van der Waals surface area contributed by atoms with E-state index in [1.54, 1.807) is 12.1 Å². The molecule has 0 aromatic heterocycles. The van der Waals surface area contributed by atoms with E-state index in [1.165, 1.54) is 102 Å². The molecule has 1 aromatic rings. The van der Waals surface area contributed by atoms with Crippen LogP contribution in [0.3, 0.4) is 0 Å². The van der Waals surface area contributed by atoms with Gasteiger partial charge in [0.1, 0.15) is 11.5 Å². The third-order valence-electron chi connectivity index (χ3n) is 7.75. The van der Waals surface area contributed by atoms with E-state index in [0.717, 1.165) is 38.5 Å². The highest BCUT2D eigenvalue weighted by atomic mass is 16.5. The summed E-state index contributed by atoms with van der Waals surface area (Å²) in [6.07, 6.45) is 28.0. The number of ether oxygens (including phenoxy) is 1. The molecule has 0 unspecified atom stereocenters. The summed E-state index contributed by atoms with van der Waals surface area (Å²) in [7, 11) is 0. The second-order valence-electron chi connectivity index (χ2n) is 11.8. The third kappa shape index (κ3) is 20.9. The summed E-state index contributed by atoms with van der Waals surface area (Å²) in [5, 5.41) is 18.8. The molecule has 0 saturated heterocycles. The van der Waals surface area contributed by atoms with Crippen LogP contribution in [0.4, 0.5) is 0 Å². The van der Waals surface area contributed by atoms with Crippen molar-refractivity contribution < 1.29 is 19.4 Å². The van der Waals surface area contributed by atoms with Gasteiger partial charge < -0.3 is 9.84 Å². The van der Waals surface area contributed by atoms with Gasteiger partial charge in [0.15, 0.2) is 0 Å². The van der Waals surface area contributed by atoms with Gasteiger partial charge in [0.05, 0.1) is 19.0 Å². The first-order valence-corrected chi connectivity index (χ1v) is 17.6. The predicted molar refractivity (Wildman–Crippen MR) is 184 cm³/mol. The Balaban J connectivity index is 2.40. The zero-order chi connectivity index (χ0) is 32.1. The van der Waals surface area contributed by atoms with Gasteiger partial charge in [-0.1, -0.05) is 129 Å². The molecule has 0 fully saturated rings. The van der Waals surface area contributed by atoms with Crippen molar-refractivity contribution in [2.75, 3.05) is 6.61 Å². The molecular formula is C36H62N4O4. The summed E-state index contributed by atoms with van der Waals surface area (Å²) in [5.74, 6) is 0.178. The second kappa shape index (κ2) is 27.6. The lowest BCUT2D eigenvalue weighted by atomic mass is 10.1. The van der Waals surface area contributed by atoms with Gasteiger partial charge in [-0.25, -0.2) is 10.9 Å². The highest BCUT2D eigenvalue weighted by molar-refractivity contribution is 5.93. The normalized spacial score (nSPS) is 11.4. The lowest BCUT2D eigenvalue weighted by Crippen LogP contribution is -2.17. The van der Waals surface area contributed by atoms with Crippen LogP contribution in [-0.2, 0) is 9.59 Å². The standard InChI is InChI=1S/C36H62N4O4/c1-4-7-9-11-13-15-17-19-21-23-25-34(41)39-37-29-31-27-33(44-6-3)28-32(36(31)43)30-38-40-35(42)26-24-22-20-18-16-14-12-10-8-5-2/h27-30,43H,4-26H2,1-3H3,(H,39,41)(H,40,42). The van der Waals surface area contributed by atoms with E-state index in [0.29, 0.717) is 36.3 Å². The summed E-state index contributed by atoms with van der Waals surface area (Å²) in [6.45, 7) is 6.79. The SMILES string of the molecule is CCCCCCCCCCCCC(=O)NN=Cc1cc(OCC)cc(C=NNC(=O)CCCCCCCCCCCC)c1O. The zero-order valence-electron chi connectivity index (χ0n) is 28.1. The summed E-state index contributed by atoms with van der Waals surface area (Å²) >= 11 is 0. The van der Waals surface area contributed by atoms with Crippen molar-refractivity contribution in [3.05, 3.63) is 23.3 Å². The molecule has 44 heavy (non-hydrogen) atoms. The minimum atomic E-state index is -0.145. The lowest BCUT2D eigenvalue weighted by molar-refractivity contribution is -0.122. The van der Waals surface area contributed by atoms with E-state index in [1.807, 2.05) is 6.92 Å². The number of carbonyl (C=O) groups is 2. The smallest absolute Gasteiger partial charge is 0.240 e. The summed E-state index contributed by atoms with van der Waals surface area (Å²) < 4.78 is 5.62. The highest BCUT2D eigenvalue weighted by Crippen LogP contribution is 2.26. The Hall–Kier alpha value is -2.90. The first kappa shape index (κ1) is 39.1. The maximum Gasteiger partial charge on any atom is 0.240 e. The molecule has 0 spiro atoms. The van der Waals surface area contributed by atoms with E-state index >= 15 is 0 Å². The van der Waals surface area contributed by atoms with Gasteiger partial charge in [-0.05, 0) is 31.9 Å². The fourth-order valence-electron chi connectivity index (χ4n) is 5.10. The van der Waals surface area contributed by atoms with Gasteiger partial charge in [0.25, 0.3) is 0 Å². The van der Waals surface area contributed by atoms with Gasteiger partial charge in [0, 0.05) is 24.0 Å². The van der Waals surface area contributed by atoms with E-state index in [9.17, 15) is 14.7 Å². The average molecular weight is 615 g/mol. The monoisotopic (exact) mass is 614 g/mol. The van der Waals surface area contributed by atoms with Crippen LogP contribution in [0, 0.1) is 0 Å². The summed E-state index contributed by atoms with van der Waals surface area (Å²) in [4.78, 5) is 24.4. The number of hydrogen-bond acceptors (Lipinski definition) is 6. The molecule has 0 bridgehead atoms. The molecule has 0 saturated carbocycles. The van der Waals surface area contributed by atoms with E-state index < -0.39 is 0 Å². The van der Waals surface area contributed by atoms with E-state index in [2.05, 4.69) is 34.9 Å². The van der Waals surface area contributed by atoms with Crippen LogP contribution in [0.1, 0.15) is 173 Å². The van der Waals surface area contributed by atoms with Crippen molar-refractivity contribution in [2.24, 2.45) is 10.2 Å². The van der Waals surface area contributed by atoms with Crippen molar-refractivity contribution in [2.45, 2.75) is 162 Å². The van der Waals surface area contributed by atoms with E-state index in [-0.39, 0.29) is 17.6 Å². The van der Waals surface area contributed by atoms with Gasteiger partial charge >= 0.3 is 0 Å². The van der Waals surface area contributed by atoms with Gasteiger partial charge in [-0.15, -0.1) is 0 Å². The Kier molecular flexibility index (Phi) is 24.6. The van der Waals surface area contributed by atoms with Crippen LogP contribution in [0.2, 0.25) is 0 Å². The second-order valence-corrected chi connectivity index (χ2v) is 11.8. The fraction of sp³-hybridized carbons (Fsp3) is 0.722. The molecule has 1 rings (SSSR count). The number of hydrazone groups is 2. The van der Waals surface area contributed by atoms with E-state index in [4.69, 9.17) is 4.74 Å². The number of nitrogens with one attached hydrogen (secondary N) is 2. The maximum atomic E-state index is 12.2. The van der Waals surface area contributed by atoms with Gasteiger partial charge in [-0.3, -0.25) is 9.59 Å². The molecule has 0 atom stereocenters. The van der Waals surface area contributed by atoms with Crippen molar-refractivity contribution in [1.82, 2.24) is 10.9 Å². The van der Waals surface area contributed by atoms with Gasteiger partial charge in [-0.2, -0.15) is 10.2 Å². The van der Waals surface area contributed by atoms with Crippen molar-refractivity contribution in [3.8, 4) is 11.5 Å². The first-order chi connectivity index (χ1) is 21.5. The summed E-state index contributed by atoms with van der Waals surface area (Å²) in [6, 6.07) is 3.30. The molecular weight excluding hydrogens is 552 g/mol. The number of amides is 2. The van der Waals surface area contributed by atoms with Crippen molar-refractivity contribution >= 4 is 24.2 Å². The average Bonchev–Trinajstić information content (AvgIpc) is 3.01. The van der Waals surface area contributed by atoms with Crippen LogP contribution in [-0.4, -0.2) is 36.0 Å². The molecule has 3 N–H and O–H groups in total. The van der Waals surface area contributed by atoms with Crippen LogP contribution in [0.15, 0.2) is 22.3 Å². The number of phenolic OH excluding ortho intramolecular Hbond substituents is 1. The molecule has 0 heterocycles. The molecule has 2 amide bonds. The van der Waals surface area contributed by atoms with Crippen molar-refractivity contribution in [1.29, 1.82) is 0 Å². The van der Waals surface area contributed by atoms with Crippen LogP contribution in [0.25, 0.3) is 0 Å². The zero-order valence-corrected chi connectivity index (χ0v) is 28.1. The third-order valence-corrected chi connectivity index (χ3v) is 7.75. The lowest BCUT2D eigenvalue weighted by Gasteiger charge is -2.09. The molecule has 0 aliphatic carbocycles. The Bertz CT molecular complexity index is 879. The molecule has 1 aromatic carbocycles. The number of aromatic hydroxyl groups is 1. The number of nitrogens with zero attached hydrogens (tertiary/aromatic N) is 2. The van der Waals surface area contributed by atoms with Crippen LogP contribution < -0.4 is 15.6 Å². The molecule has 250 valence electrons. The van der Waals surface area contributed by atoms with Gasteiger partial charge in [0.2, 0.25) is 11.8 Å². The first-order valence-electron chi connectivity index (χ1n) is 17.6. The quantitative estimate of drug-likeness (QED) is 0.0496. The number of carbonyl (C=O) groups excluding carboxylic acids is 2. The minimum Gasteiger partial charge on any atom is -0.507 e. The Morgan fingerprint density at radius 1 is 0.614 bits per heavy atom. The molecule has 0 radical (unpaired) electrons. The predicted octanol–water partition coefficient (Wildman–Crippen LogP) is 9.31. The Labute approximate surface area is 267 Å². The fourth-order valence-corrected chi connectivity index (χ4v) is 5.10. The molecule has 0 aliphatic heterocycles. The largest absolute Gasteiger partial charge is 0.507 e. The number of hydrogen-bond donors (Lipinski definition) is 3. The number of rotatable bonds is 28. The molecule has 0 aliphatic rings.